The first kappa shape index (κ1) is 17.6. The Morgan fingerprint density at radius 3 is 2.72 bits per heavy atom. The van der Waals surface area contributed by atoms with Gasteiger partial charge in [-0.3, -0.25) is 9.78 Å². The van der Waals surface area contributed by atoms with Gasteiger partial charge in [-0.2, -0.15) is 0 Å². The zero-order chi connectivity index (χ0) is 19.8. The molecule has 1 N–H and O–H groups in total. The second kappa shape index (κ2) is 7.13. The molecule has 0 atom stereocenters. The number of aromatic nitrogens is 1. The zero-order valence-electron chi connectivity index (χ0n) is 16.1. The van der Waals surface area contributed by atoms with Crippen LogP contribution in [0.5, 0.6) is 5.75 Å². The minimum absolute atomic E-state index is 0.278. The summed E-state index contributed by atoms with van der Waals surface area (Å²) in [5.41, 5.74) is 3.45. The monoisotopic (exact) mass is 387 g/mol. The second-order valence-electron chi connectivity index (χ2n) is 7.19. The molecule has 1 saturated heterocycles. The fourth-order valence-electron chi connectivity index (χ4n) is 3.92. The highest BCUT2D eigenvalue weighted by atomic mass is 16.5. The molecule has 3 heterocycles. The molecule has 29 heavy (non-hydrogen) atoms. The van der Waals surface area contributed by atoms with Gasteiger partial charge in [0.2, 0.25) is 0 Å². The van der Waals surface area contributed by atoms with Crippen LogP contribution in [0.25, 0.3) is 21.9 Å². The van der Waals surface area contributed by atoms with E-state index in [9.17, 15) is 4.79 Å². The third kappa shape index (κ3) is 3.16. The number of rotatable bonds is 4. The van der Waals surface area contributed by atoms with Gasteiger partial charge in [-0.05, 0) is 37.1 Å². The van der Waals surface area contributed by atoms with Gasteiger partial charge < -0.3 is 19.4 Å². The first-order valence-electron chi connectivity index (χ1n) is 9.74. The number of nitrogens with one attached hydrogen (secondary N) is 1. The molecule has 2 aromatic carbocycles. The van der Waals surface area contributed by atoms with E-state index in [1.165, 1.54) is 12.8 Å². The van der Waals surface area contributed by atoms with Gasteiger partial charge in [0.05, 0.1) is 12.8 Å². The maximum Gasteiger partial charge on any atom is 0.274 e. The molecule has 4 aromatic rings. The number of anilines is 2. The van der Waals surface area contributed by atoms with Crippen molar-refractivity contribution in [1.82, 2.24) is 4.98 Å². The number of furan rings is 1. The number of hydrogen-bond donors (Lipinski definition) is 1. The quantitative estimate of drug-likeness (QED) is 0.543. The van der Waals surface area contributed by atoms with Gasteiger partial charge in [0.15, 0.2) is 0 Å². The minimum Gasteiger partial charge on any atom is -0.495 e. The number of hydrogen-bond acceptors (Lipinski definition) is 5. The maximum atomic E-state index is 12.9. The lowest BCUT2D eigenvalue weighted by Gasteiger charge is -2.18. The van der Waals surface area contributed by atoms with Crippen LogP contribution in [0.4, 0.5) is 11.4 Å². The first-order valence-corrected chi connectivity index (χ1v) is 9.74. The summed E-state index contributed by atoms with van der Waals surface area (Å²) in [6.45, 7) is 2.03. The summed E-state index contributed by atoms with van der Waals surface area (Å²) in [5, 5.41) is 4.89. The van der Waals surface area contributed by atoms with Crippen molar-refractivity contribution in [2.75, 3.05) is 30.4 Å². The number of carbonyl (C=O) groups excluding carboxylic acids is 1. The van der Waals surface area contributed by atoms with Crippen molar-refractivity contribution in [3.05, 3.63) is 60.4 Å². The Morgan fingerprint density at radius 1 is 1.07 bits per heavy atom. The maximum absolute atomic E-state index is 12.9. The molecule has 1 aliphatic heterocycles. The van der Waals surface area contributed by atoms with Gasteiger partial charge in [0.25, 0.3) is 5.91 Å². The number of carbonyl (C=O) groups is 1. The molecule has 1 fully saturated rings. The molecule has 0 saturated carbocycles. The third-order valence-electron chi connectivity index (χ3n) is 5.39. The van der Waals surface area contributed by atoms with Crippen LogP contribution in [0.2, 0.25) is 0 Å². The van der Waals surface area contributed by atoms with Crippen LogP contribution in [0.15, 0.2) is 59.1 Å². The van der Waals surface area contributed by atoms with Crippen LogP contribution in [0.1, 0.15) is 23.3 Å². The SMILES string of the molecule is COc1cc2c(cc1NC(=O)c1cc(N3CCCC3)ccn1)oc1ccccc12. The summed E-state index contributed by atoms with van der Waals surface area (Å²) in [7, 11) is 1.59. The molecule has 0 bridgehead atoms. The van der Waals surface area contributed by atoms with Crippen molar-refractivity contribution in [2.24, 2.45) is 0 Å². The molecule has 0 unspecified atom stereocenters. The molecule has 1 aliphatic rings. The molecule has 6 heteroatoms. The Kier molecular flexibility index (Phi) is 4.31. The number of pyridine rings is 1. The van der Waals surface area contributed by atoms with Gasteiger partial charge in [-0.15, -0.1) is 0 Å². The summed E-state index contributed by atoms with van der Waals surface area (Å²) in [6, 6.07) is 15.3. The van der Waals surface area contributed by atoms with Crippen molar-refractivity contribution < 1.29 is 13.9 Å². The van der Waals surface area contributed by atoms with E-state index < -0.39 is 0 Å². The minimum atomic E-state index is -0.278. The average molecular weight is 387 g/mol. The normalized spacial score (nSPS) is 13.9. The molecule has 146 valence electrons. The van der Waals surface area contributed by atoms with Crippen molar-refractivity contribution in [3.8, 4) is 5.75 Å². The largest absolute Gasteiger partial charge is 0.495 e. The molecule has 1 amide bonds. The Hall–Kier alpha value is -3.54. The summed E-state index contributed by atoms with van der Waals surface area (Å²) < 4.78 is 11.5. The van der Waals surface area contributed by atoms with E-state index in [-0.39, 0.29) is 5.91 Å². The highest BCUT2D eigenvalue weighted by Crippen LogP contribution is 2.36. The number of benzene rings is 2. The number of methoxy groups -OCH3 is 1. The molecular weight excluding hydrogens is 366 g/mol. The molecule has 0 spiro atoms. The lowest BCUT2D eigenvalue weighted by Crippen LogP contribution is -2.19. The van der Waals surface area contributed by atoms with Gasteiger partial charge in [-0.1, -0.05) is 18.2 Å². The van der Waals surface area contributed by atoms with Crippen LogP contribution in [0.3, 0.4) is 0 Å². The number of nitrogens with zero attached hydrogens (tertiary/aromatic N) is 2. The number of amides is 1. The Morgan fingerprint density at radius 2 is 1.90 bits per heavy atom. The van der Waals surface area contributed by atoms with Crippen molar-refractivity contribution in [1.29, 1.82) is 0 Å². The highest BCUT2D eigenvalue weighted by molar-refractivity contribution is 6.09. The lowest BCUT2D eigenvalue weighted by molar-refractivity contribution is 0.102. The van der Waals surface area contributed by atoms with E-state index in [1.807, 2.05) is 42.5 Å². The van der Waals surface area contributed by atoms with Crippen molar-refractivity contribution >= 4 is 39.2 Å². The lowest BCUT2D eigenvalue weighted by atomic mass is 10.1. The van der Waals surface area contributed by atoms with Crippen LogP contribution >= 0.6 is 0 Å². The number of fused-ring (bicyclic) bond motifs is 3. The van der Waals surface area contributed by atoms with E-state index in [0.29, 0.717) is 22.7 Å². The number of para-hydroxylation sites is 1. The predicted molar refractivity (Wildman–Crippen MR) is 114 cm³/mol. The van der Waals surface area contributed by atoms with Gasteiger partial charge in [0.1, 0.15) is 22.6 Å². The predicted octanol–water partition coefficient (Wildman–Crippen LogP) is 4.84. The third-order valence-corrected chi connectivity index (χ3v) is 5.39. The summed E-state index contributed by atoms with van der Waals surface area (Å²) in [4.78, 5) is 19.4. The topological polar surface area (TPSA) is 67.6 Å². The van der Waals surface area contributed by atoms with E-state index in [0.717, 1.165) is 35.1 Å². The van der Waals surface area contributed by atoms with Gasteiger partial charge >= 0.3 is 0 Å². The standard InChI is InChI=1S/C23H21N3O3/c1-28-22-13-17-16-6-2-3-7-20(16)29-21(17)14-18(22)25-23(27)19-12-15(8-9-24-19)26-10-4-5-11-26/h2-3,6-9,12-14H,4-5,10-11H2,1H3,(H,25,27). The molecule has 5 rings (SSSR count). The Balaban J connectivity index is 1.48. The first-order chi connectivity index (χ1) is 14.2. The average Bonchev–Trinajstić information content (AvgIpc) is 3.41. The smallest absolute Gasteiger partial charge is 0.274 e. The van der Waals surface area contributed by atoms with Crippen molar-refractivity contribution in [3.63, 3.8) is 0 Å². The highest BCUT2D eigenvalue weighted by Gasteiger charge is 2.18. The fraction of sp³-hybridized carbons (Fsp3) is 0.217. The van der Waals surface area contributed by atoms with Crippen LogP contribution in [-0.2, 0) is 0 Å². The van der Waals surface area contributed by atoms with E-state index >= 15 is 0 Å². The van der Waals surface area contributed by atoms with Crippen LogP contribution < -0.4 is 15.0 Å². The van der Waals surface area contributed by atoms with E-state index in [1.54, 1.807) is 19.4 Å². The Labute approximate surface area is 168 Å². The van der Waals surface area contributed by atoms with Crippen LogP contribution in [0, 0.1) is 0 Å². The number of ether oxygens (including phenoxy) is 1. The zero-order valence-corrected chi connectivity index (χ0v) is 16.1. The molecule has 2 aromatic heterocycles. The Bertz CT molecular complexity index is 1210. The second-order valence-corrected chi connectivity index (χ2v) is 7.19. The molecular formula is C23H21N3O3. The molecule has 6 nitrogen and oxygen atoms in total. The summed E-state index contributed by atoms with van der Waals surface area (Å²) >= 11 is 0. The molecule has 0 radical (unpaired) electrons. The van der Waals surface area contributed by atoms with Gasteiger partial charge in [-0.25, -0.2) is 0 Å². The van der Waals surface area contributed by atoms with Gasteiger partial charge in [0, 0.05) is 41.8 Å². The van der Waals surface area contributed by atoms with Crippen molar-refractivity contribution in [2.45, 2.75) is 12.8 Å². The van der Waals surface area contributed by atoms with E-state index in [4.69, 9.17) is 9.15 Å². The summed E-state index contributed by atoms with van der Waals surface area (Å²) in [6.07, 6.45) is 4.04. The summed E-state index contributed by atoms with van der Waals surface area (Å²) in [5.74, 6) is 0.299. The fourth-order valence-corrected chi connectivity index (χ4v) is 3.92. The molecule has 0 aliphatic carbocycles. The van der Waals surface area contributed by atoms with Crippen LogP contribution in [-0.4, -0.2) is 31.1 Å². The van der Waals surface area contributed by atoms with E-state index in [2.05, 4.69) is 15.2 Å².